The Kier molecular flexibility index (Phi) is 9.88. The molecule has 1 atom stereocenters. The molecule has 2 aromatic heterocycles. The molecule has 0 aliphatic carbocycles. The standard InChI is InChI=1S/C33H35F6N7O3S/c34-32(35,36)25-14-20(15-26(29(25)40)33(37,38)39)13-21(30(48)45-11-9-43(10-12-45)23-1-5-41-6-2-23)16-28(47)44-7-3-24(4-8-44)46-17-22-18-50-19-27(22)42-31(46)49/h1-2,5-6,14-15,18-19,21,24H,3-4,7-13,16-17,40H2,(H,42,49)/t21-/m0/s1. The molecule has 6 rings (SSSR count). The van der Waals surface area contributed by atoms with Crippen molar-refractivity contribution in [2.24, 2.45) is 5.92 Å². The van der Waals surface area contributed by atoms with Crippen LogP contribution in [0.3, 0.4) is 0 Å². The number of piperidine rings is 1. The molecule has 17 heteroatoms. The normalized spacial score (nSPS) is 18.2. The van der Waals surface area contributed by atoms with E-state index in [9.17, 15) is 40.7 Å². The molecule has 0 spiro atoms. The zero-order valence-corrected chi connectivity index (χ0v) is 27.6. The lowest BCUT2D eigenvalue weighted by molar-refractivity contribution is -0.142. The second-order valence-electron chi connectivity index (χ2n) is 12.7. The number of aromatic nitrogens is 1. The molecular formula is C33H35F6N7O3S. The fourth-order valence-corrected chi connectivity index (χ4v) is 7.67. The van der Waals surface area contributed by atoms with Gasteiger partial charge < -0.3 is 30.7 Å². The van der Waals surface area contributed by atoms with E-state index in [0.29, 0.717) is 44.6 Å². The summed E-state index contributed by atoms with van der Waals surface area (Å²) in [6.07, 6.45) is -7.10. The van der Waals surface area contributed by atoms with E-state index in [-0.39, 0.29) is 38.3 Å². The number of nitrogens with zero attached hydrogens (tertiary/aromatic N) is 5. The van der Waals surface area contributed by atoms with Gasteiger partial charge in [-0.15, -0.1) is 11.3 Å². The number of carbonyl (C=O) groups excluding carboxylic acids is 3. The van der Waals surface area contributed by atoms with Gasteiger partial charge in [-0.05, 0) is 54.5 Å². The van der Waals surface area contributed by atoms with Gasteiger partial charge in [-0.1, -0.05) is 0 Å². The Morgan fingerprint density at radius 3 is 2.14 bits per heavy atom. The maximum Gasteiger partial charge on any atom is 0.418 e. The van der Waals surface area contributed by atoms with Crippen LogP contribution < -0.4 is 16.0 Å². The van der Waals surface area contributed by atoms with Crippen LogP contribution in [0.5, 0.6) is 0 Å². The van der Waals surface area contributed by atoms with Crippen molar-refractivity contribution in [1.29, 1.82) is 0 Å². The summed E-state index contributed by atoms with van der Waals surface area (Å²) in [5, 5.41) is 6.71. The van der Waals surface area contributed by atoms with Crippen molar-refractivity contribution in [3.63, 3.8) is 0 Å². The van der Waals surface area contributed by atoms with E-state index < -0.39 is 65.3 Å². The van der Waals surface area contributed by atoms with E-state index in [1.807, 2.05) is 27.8 Å². The Balaban J connectivity index is 1.19. The molecule has 0 bridgehead atoms. The number of nitrogen functional groups attached to an aromatic ring is 1. The lowest BCUT2D eigenvalue weighted by Crippen LogP contribution is -2.52. The lowest BCUT2D eigenvalue weighted by Gasteiger charge is -2.40. The van der Waals surface area contributed by atoms with E-state index >= 15 is 0 Å². The average molecular weight is 724 g/mol. The predicted octanol–water partition coefficient (Wildman–Crippen LogP) is 5.70. The first kappa shape index (κ1) is 35.3. The first-order valence-corrected chi connectivity index (χ1v) is 17.0. The molecule has 50 heavy (non-hydrogen) atoms. The topological polar surface area (TPSA) is 115 Å². The average Bonchev–Trinajstić information content (AvgIpc) is 3.54. The molecule has 5 heterocycles. The number of pyridine rings is 1. The van der Waals surface area contributed by atoms with Crippen LogP contribution in [0.4, 0.5) is 48.2 Å². The number of hydrogen-bond acceptors (Lipinski definition) is 7. The molecule has 3 aliphatic rings. The van der Waals surface area contributed by atoms with Gasteiger partial charge in [-0.2, -0.15) is 26.3 Å². The molecule has 3 N–H and O–H groups in total. The van der Waals surface area contributed by atoms with Gasteiger partial charge in [0.15, 0.2) is 0 Å². The van der Waals surface area contributed by atoms with Crippen LogP contribution in [-0.2, 0) is 34.9 Å². The number of anilines is 3. The first-order chi connectivity index (χ1) is 23.7. The second-order valence-corrected chi connectivity index (χ2v) is 13.4. The number of likely N-dealkylation sites (tertiary alicyclic amines) is 1. The summed E-state index contributed by atoms with van der Waals surface area (Å²) in [5.74, 6) is -2.20. The Hall–Kier alpha value is -4.54. The summed E-state index contributed by atoms with van der Waals surface area (Å²) in [5.41, 5.74) is 2.88. The number of hydrogen-bond donors (Lipinski definition) is 2. The number of nitrogens with one attached hydrogen (secondary N) is 1. The summed E-state index contributed by atoms with van der Waals surface area (Å²) in [6.45, 7) is 2.32. The fraction of sp³-hybridized carbons (Fsp3) is 0.455. The van der Waals surface area contributed by atoms with Gasteiger partial charge in [-0.3, -0.25) is 14.6 Å². The summed E-state index contributed by atoms with van der Waals surface area (Å²) in [4.78, 5) is 51.2. The monoisotopic (exact) mass is 723 g/mol. The summed E-state index contributed by atoms with van der Waals surface area (Å²) >= 11 is 1.48. The minimum Gasteiger partial charge on any atom is -0.398 e. The van der Waals surface area contributed by atoms with Crippen LogP contribution in [0.2, 0.25) is 0 Å². The number of urea groups is 1. The SMILES string of the molecule is Nc1c(C(F)(F)F)cc(C[C@@H](CC(=O)N2CCC(N3Cc4cscc4NC3=O)CC2)C(=O)N2CCN(c3ccncc3)CC2)cc1C(F)(F)F. The maximum atomic E-state index is 14.0. The highest BCUT2D eigenvalue weighted by molar-refractivity contribution is 7.08. The Morgan fingerprint density at radius 1 is 0.920 bits per heavy atom. The molecule has 2 saturated heterocycles. The molecule has 3 aromatic rings. The molecule has 0 radical (unpaired) electrons. The van der Waals surface area contributed by atoms with E-state index in [2.05, 4.69) is 10.3 Å². The van der Waals surface area contributed by atoms with Crippen LogP contribution in [0.1, 0.15) is 41.5 Å². The smallest absolute Gasteiger partial charge is 0.398 e. The number of amides is 4. The summed E-state index contributed by atoms with van der Waals surface area (Å²) < 4.78 is 83.0. The minimum absolute atomic E-state index is 0.141. The van der Waals surface area contributed by atoms with Crippen molar-refractivity contribution in [2.75, 3.05) is 55.2 Å². The zero-order chi connectivity index (χ0) is 35.8. The molecule has 2 fully saturated rings. The predicted molar refractivity (Wildman–Crippen MR) is 174 cm³/mol. The number of halogens is 6. The molecule has 1 aromatic carbocycles. The van der Waals surface area contributed by atoms with Crippen LogP contribution in [0.25, 0.3) is 0 Å². The Labute approximate surface area is 287 Å². The molecule has 268 valence electrons. The first-order valence-electron chi connectivity index (χ1n) is 16.1. The summed E-state index contributed by atoms with van der Waals surface area (Å²) in [6, 6.07) is 4.33. The van der Waals surface area contributed by atoms with Gasteiger partial charge in [0.25, 0.3) is 0 Å². The van der Waals surface area contributed by atoms with Gasteiger partial charge in [0, 0.05) is 80.8 Å². The molecule has 0 unspecified atom stereocenters. The summed E-state index contributed by atoms with van der Waals surface area (Å²) in [7, 11) is 0. The van der Waals surface area contributed by atoms with Crippen molar-refractivity contribution < 1.29 is 40.7 Å². The Morgan fingerprint density at radius 2 is 1.54 bits per heavy atom. The van der Waals surface area contributed by atoms with Gasteiger partial charge in [-0.25, -0.2) is 4.79 Å². The third kappa shape index (κ3) is 7.61. The van der Waals surface area contributed by atoms with Gasteiger partial charge in [0.2, 0.25) is 11.8 Å². The highest BCUT2D eigenvalue weighted by Gasteiger charge is 2.42. The van der Waals surface area contributed by atoms with E-state index in [0.717, 1.165) is 16.9 Å². The minimum atomic E-state index is -5.18. The van der Waals surface area contributed by atoms with Gasteiger partial charge in [0.05, 0.1) is 35.0 Å². The quantitative estimate of drug-likeness (QED) is 0.239. The third-order valence-corrected chi connectivity index (χ3v) is 10.4. The highest BCUT2D eigenvalue weighted by atomic mass is 32.1. The number of thiophene rings is 1. The highest BCUT2D eigenvalue weighted by Crippen LogP contribution is 2.42. The second kappa shape index (κ2) is 14.0. The van der Waals surface area contributed by atoms with Crippen molar-refractivity contribution in [2.45, 2.75) is 50.6 Å². The largest absolute Gasteiger partial charge is 0.418 e. The van der Waals surface area contributed by atoms with Crippen LogP contribution in [0.15, 0.2) is 47.4 Å². The van der Waals surface area contributed by atoms with Crippen molar-refractivity contribution in [1.82, 2.24) is 19.7 Å². The number of fused-ring (bicyclic) bond motifs is 1. The van der Waals surface area contributed by atoms with E-state index in [1.165, 1.54) is 16.2 Å². The number of piperazine rings is 1. The van der Waals surface area contributed by atoms with Crippen LogP contribution in [0, 0.1) is 5.92 Å². The van der Waals surface area contributed by atoms with Crippen LogP contribution >= 0.6 is 11.3 Å². The molecular weight excluding hydrogens is 688 g/mol. The number of benzene rings is 1. The molecule has 4 amide bonds. The van der Waals surface area contributed by atoms with Crippen molar-refractivity contribution in [3.05, 3.63) is 69.7 Å². The number of rotatable bonds is 7. The maximum absolute atomic E-state index is 14.0. The van der Waals surface area contributed by atoms with E-state index in [1.54, 1.807) is 22.2 Å². The molecule has 0 saturated carbocycles. The molecule has 10 nitrogen and oxygen atoms in total. The number of carbonyl (C=O) groups is 3. The number of alkyl halides is 6. The van der Waals surface area contributed by atoms with Crippen LogP contribution in [-0.4, -0.2) is 82.8 Å². The van der Waals surface area contributed by atoms with Gasteiger partial charge in [0.1, 0.15) is 0 Å². The molecule has 3 aliphatic heterocycles. The van der Waals surface area contributed by atoms with Crippen molar-refractivity contribution in [3.8, 4) is 0 Å². The fourth-order valence-electron chi connectivity index (χ4n) is 6.89. The van der Waals surface area contributed by atoms with Crippen molar-refractivity contribution >= 4 is 46.2 Å². The van der Waals surface area contributed by atoms with Gasteiger partial charge >= 0.3 is 18.4 Å². The Bertz CT molecular complexity index is 1680. The number of nitrogens with two attached hydrogens (primary N) is 1. The third-order valence-electron chi connectivity index (χ3n) is 9.57. The lowest BCUT2D eigenvalue weighted by atomic mass is 9.90. The van der Waals surface area contributed by atoms with E-state index in [4.69, 9.17) is 5.73 Å². The zero-order valence-electron chi connectivity index (χ0n) is 26.8.